The largest absolute Gasteiger partial charge is 0.373 e. The number of hydrogen-bond acceptors (Lipinski definition) is 6. The molecule has 0 aromatic carbocycles. The average Bonchev–Trinajstić information content (AvgIpc) is 2.47. The summed E-state index contributed by atoms with van der Waals surface area (Å²) in [6, 6.07) is 1.39. The van der Waals surface area contributed by atoms with Crippen LogP contribution in [0, 0.1) is 10.1 Å². The number of carbonyl (C=O) groups is 1. The second kappa shape index (κ2) is 6.29. The van der Waals surface area contributed by atoms with E-state index >= 15 is 0 Å². The van der Waals surface area contributed by atoms with E-state index in [2.05, 4.69) is 15.7 Å². The van der Waals surface area contributed by atoms with Crippen LogP contribution < -0.4 is 10.7 Å². The summed E-state index contributed by atoms with van der Waals surface area (Å²) >= 11 is 0. The van der Waals surface area contributed by atoms with Crippen LogP contribution in [-0.2, 0) is 0 Å². The molecule has 108 valence electrons. The van der Waals surface area contributed by atoms with E-state index < -0.39 is 10.8 Å². The number of nitro groups is 1. The molecular weight excluding hydrogens is 262 g/mol. The molecule has 8 heteroatoms. The van der Waals surface area contributed by atoms with Gasteiger partial charge in [0.15, 0.2) is 0 Å². The highest BCUT2D eigenvalue weighted by Gasteiger charge is 2.23. The van der Waals surface area contributed by atoms with Crippen LogP contribution >= 0.6 is 0 Å². The van der Waals surface area contributed by atoms with Crippen LogP contribution in [0.5, 0.6) is 0 Å². The van der Waals surface area contributed by atoms with Gasteiger partial charge >= 0.3 is 0 Å². The molecule has 1 aromatic heterocycles. The molecule has 0 unspecified atom stereocenters. The van der Waals surface area contributed by atoms with Gasteiger partial charge in [-0.1, -0.05) is 6.42 Å². The molecular formula is C12H17N5O3. The van der Waals surface area contributed by atoms with Crippen molar-refractivity contribution in [2.75, 3.05) is 25.5 Å². The van der Waals surface area contributed by atoms with Gasteiger partial charge in [-0.3, -0.25) is 20.3 Å². The predicted octanol–water partition coefficient (Wildman–Crippen LogP) is 1.16. The Kier molecular flexibility index (Phi) is 4.46. The van der Waals surface area contributed by atoms with Crippen molar-refractivity contribution in [3.8, 4) is 0 Å². The molecule has 2 rings (SSSR count). The zero-order valence-corrected chi connectivity index (χ0v) is 11.3. The number of aromatic nitrogens is 1. The van der Waals surface area contributed by atoms with Gasteiger partial charge in [-0.2, -0.15) is 0 Å². The molecule has 0 aliphatic carbocycles. The third kappa shape index (κ3) is 3.21. The van der Waals surface area contributed by atoms with E-state index in [0.29, 0.717) is 5.82 Å². The van der Waals surface area contributed by atoms with Crippen LogP contribution in [0.4, 0.5) is 11.5 Å². The molecule has 1 amide bonds. The fraction of sp³-hybridized carbons (Fsp3) is 0.500. The summed E-state index contributed by atoms with van der Waals surface area (Å²) in [6.45, 7) is 1.53. The Balaban J connectivity index is 2.20. The molecule has 0 spiro atoms. The van der Waals surface area contributed by atoms with E-state index in [0.717, 1.165) is 38.5 Å². The zero-order valence-electron chi connectivity index (χ0n) is 11.3. The first-order chi connectivity index (χ1) is 9.61. The number of hydrogen-bond donors (Lipinski definition) is 2. The number of anilines is 1. The minimum Gasteiger partial charge on any atom is -0.373 e. The highest BCUT2D eigenvalue weighted by atomic mass is 16.6. The second-order valence-electron chi connectivity index (χ2n) is 4.58. The Morgan fingerprint density at radius 1 is 1.40 bits per heavy atom. The summed E-state index contributed by atoms with van der Waals surface area (Å²) in [6.07, 6.45) is 4.27. The smallest absolute Gasteiger partial charge is 0.300 e. The molecule has 1 aliphatic rings. The van der Waals surface area contributed by atoms with Crippen LogP contribution in [0.25, 0.3) is 0 Å². The van der Waals surface area contributed by atoms with Gasteiger partial charge in [0.25, 0.3) is 11.6 Å². The van der Waals surface area contributed by atoms with Crippen LogP contribution in [0.2, 0.25) is 0 Å². The lowest BCUT2D eigenvalue weighted by Gasteiger charge is -2.26. The summed E-state index contributed by atoms with van der Waals surface area (Å²) in [5.74, 6) is -0.0584. The normalized spacial score (nSPS) is 15.7. The maximum atomic E-state index is 12.2. The number of nitrogens with one attached hydrogen (secondary N) is 2. The van der Waals surface area contributed by atoms with E-state index in [1.165, 1.54) is 6.07 Å². The SMILES string of the molecule is CNc1cc(C(=O)NN2CCCCC2)c([N+](=O)[O-])cn1. The predicted molar refractivity (Wildman–Crippen MR) is 73.3 cm³/mol. The quantitative estimate of drug-likeness (QED) is 0.633. The standard InChI is InChI=1S/C12H17N5O3/c1-13-11-7-9(10(8-14-11)17(19)20)12(18)15-16-5-3-2-4-6-16/h7-8H,2-6H2,1H3,(H,13,14)(H,15,18). The van der Waals surface area contributed by atoms with Crippen molar-refractivity contribution < 1.29 is 9.72 Å². The van der Waals surface area contributed by atoms with Gasteiger partial charge in [-0.05, 0) is 12.8 Å². The molecule has 20 heavy (non-hydrogen) atoms. The van der Waals surface area contributed by atoms with Gasteiger partial charge in [0, 0.05) is 26.2 Å². The van der Waals surface area contributed by atoms with Gasteiger partial charge in [0.2, 0.25) is 0 Å². The highest BCUT2D eigenvalue weighted by Crippen LogP contribution is 2.20. The number of pyridine rings is 1. The minimum atomic E-state index is -0.600. The topological polar surface area (TPSA) is 100 Å². The number of rotatable bonds is 4. The Bertz CT molecular complexity index is 514. The van der Waals surface area contributed by atoms with Crippen molar-refractivity contribution >= 4 is 17.4 Å². The zero-order chi connectivity index (χ0) is 14.5. The summed E-state index contributed by atoms with van der Waals surface area (Å²) in [5, 5.41) is 15.5. The van der Waals surface area contributed by atoms with Crippen LogP contribution in [-0.4, -0.2) is 41.0 Å². The Hall–Kier alpha value is -2.22. The maximum Gasteiger partial charge on any atom is 0.300 e. The fourth-order valence-electron chi connectivity index (χ4n) is 2.12. The lowest BCUT2D eigenvalue weighted by atomic mass is 10.1. The monoisotopic (exact) mass is 279 g/mol. The number of carbonyl (C=O) groups excluding carboxylic acids is 1. The van der Waals surface area contributed by atoms with Gasteiger partial charge in [0.05, 0.1) is 4.92 Å². The van der Waals surface area contributed by atoms with E-state index in [4.69, 9.17) is 0 Å². The summed E-state index contributed by atoms with van der Waals surface area (Å²) < 4.78 is 0. The molecule has 8 nitrogen and oxygen atoms in total. The number of nitrogens with zero attached hydrogens (tertiary/aromatic N) is 3. The van der Waals surface area contributed by atoms with Crippen molar-refractivity contribution in [3.63, 3.8) is 0 Å². The first-order valence-corrected chi connectivity index (χ1v) is 6.50. The molecule has 0 bridgehead atoms. The van der Waals surface area contributed by atoms with E-state index in [1.54, 1.807) is 12.1 Å². The molecule has 0 saturated carbocycles. The van der Waals surface area contributed by atoms with Gasteiger partial charge in [-0.15, -0.1) is 0 Å². The van der Waals surface area contributed by atoms with Crippen LogP contribution in [0.1, 0.15) is 29.6 Å². The van der Waals surface area contributed by atoms with Crippen molar-refractivity contribution in [2.24, 2.45) is 0 Å². The summed E-state index contributed by atoms with van der Waals surface area (Å²) in [4.78, 5) is 26.4. The minimum absolute atomic E-state index is 0.0138. The highest BCUT2D eigenvalue weighted by molar-refractivity contribution is 5.98. The van der Waals surface area contributed by atoms with Gasteiger partial charge < -0.3 is 5.32 Å². The van der Waals surface area contributed by atoms with Crippen molar-refractivity contribution in [1.82, 2.24) is 15.4 Å². The maximum absolute atomic E-state index is 12.2. The second-order valence-corrected chi connectivity index (χ2v) is 4.58. The van der Waals surface area contributed by atoms with Crippen molar-refractivity contribution in [1.29, 1.82) is 0 Å². The molecule has 1 aliphatic heterocycles. The molecule has 2 heterocycles. The van der Waals surface area contributed by atoms with Gasteiger partial charge in [-0.25, -0.2) is 9.99 Å². The number of amides is 1. The summed E-state index contributed by atoms with van der Waals surface area (Å²) in [5.41, 5.74) is 2.44. The molecule has 1 fully saturated rings. The number of piperidine rings is 1. The van der Waals surface area contributed by atoms with Crippen LogP contribution in [0.15, 0.2) is 12.3 Å². The molecule has 1 aromatic rings. The van der Waals surface area contributed by atoms with E-state index in [1.807, 2.05) is 0 Å². The third-order valence-corrected chi connectivity index (χ3v) is 3.20. The third-order valence-electron chi connectivity index (χ3n) is 3.20. The molecule has 0 atom stereocenters. The Labute approximate surface area is 116 Å². The first kappa shape index (κ1) is 14.2. The summed E-state index contributed by atoms with van der Waals surface area (Å²) in [7, 11) is 1.64. The van der Waals surface area contributed by atoms with Crippen LogP contribution in [0.3, 0.4) is 0 Å². The number of hydrazine groups is 1. The first-order valence-electron chi connectivity index (χ1n) is 6.50. The van der Waals surface area contributed by atoms with E-state index in [9.17, 15) is 14.9 Å². The molecule has 1 saturated heterocycles. The van der Waals surface area contributed by atoms with Crippen molar-refractivity contribution in [3.05, 3.63) is 27.9 Å². The molecule has 2 N–H and O–H groups in total. The lowest BCUT2D eigenvalue weighted by molar-refractivity contribution is -0.385. The lowest BCUT2D eigenvalue weighted by Crippen LogP contribution is -2.45. The average molecular weight is 279 g/mol. The molecule has 0 radical (unpaired) electrons. The van der Waals surface area contributed by atoms with Gasteiger partial charge in [0.1, 0.15) is 17.6 Å². The Morgan fingerprint density at radius 3 is 2.70 bits per heavy atom. The van der Waals surface area contributed by atoms with Crippen molar-refractivity contribution in [2.45, 2.75) is 19.3 Å². The van der Waals surface area contributed by atoms with E-state index in [-0.39, 0.29) is 11.3 Å². The fourth-order valence-corrected chi connectivity index (χ4v) is 2.12. The Morgan fingerprint density at radius 2 is 2.10 bits per heavy atom.